The van der Waals surface area contributed by atoms with Gasteiger partial charge in [-0.1, -0.05) is 6.07 Å². The molecule has 0 N–H and O–H groups in total. The first-order chi connectivity index (χ1) is 6.56. The van der Waals surface area contributed by atoms with Gasteiger partial charge in [-0.2, -0.15) is 0 Å². The SMILES string of the molecule is CN(C)c1ccc(CF)cc1[N+](=O)[O-]. The third-order valence-corrected chi connectivity index (χ3v) is 1.87. The lowest BCUT2D eigenvalue weighted by atomic mass is 10.2. The van der Waals surface area contributed by atoms with Crippen molar-refractivity contribution in [2.75, 3.05) is 19.0 Å². The van der Waals surface area contributed by atoms with Crippen LogP contribution in [0.2, 0.25) is 0 Å². The molecule has 0 aliphatic carbocycles. The predicted molar refractivity (Wildman–Crippen MR) is 52.2 cm³/mol. The summed E-state index contributed by atoms with van der Waals surface area (Å²) in [6.45, 7) is -0.686. The average Bonchev–Trinajstić information content (AvgIpc) is 2.16. The fraction of sp³-hybridized carbons (Fsp3) is 0.333. The number of rotatable bonds is 3. The van der Waals surface area contributed by atoms with Crippen LogP contribution in [0.25, 0.3) is 0 Å². The van der Waals surface area contributed by atoms with Gasteiger partial charge in [-0.3, -0.25) is 10.1 Å². The maximum absolute atomic E-state index is 12.3. The fourth-order valence-electron chi connectivity index (χ4n) is 1.18. The molecule has 4 nitrogen and oxygen atoms in total. The van der Waals surface area contributed by atoms with Crippen LogP contribution in [0, 0.1) is 10.1 Å². The molecule has 0 atom stereocenters. The summed E-state index contributed by atoms with van der Waals surface area (Å²) in [6.07, 6.45) is 0. The molecule has 1 aromatic rings. The van der Waals surface area contributed by atoms with Gasteiger partial charge in [0.2, 0.25) is 0 Å². The Hall–Kier alpha value is -1.65. The number of hydrogen-bond donors (Lipinski definition) is 0. The molecule has 0 saturated carbocycles. The van der Waals surface area contributed by atoms with Crippen molar-refractivity contribution in [3.8, 4) is 0 Å². The predicted octanol–water partition coefficient (Wildman–Crippen LogP) is 2.13. The lowest BCUT2D eigenvalue weighted by molar-refractivity contribution is -0.384. The van der Waals surface area contributed by atoms with E-state index < -0.39 is 11.6 Å². The smallest absolute Gasteiger partial charge is 0.292 e. The summed E-state index contributed by atoms with van der Waals surface area (Å²) in [5, 5.41) is 10.7. The zero-order valence-corrected chi connectivity index (χ0v) is 8.03. The van der Waals surface area contributed by atoms with Crippen molar-refractivity contribution in [3.05, 3.63) is 33.9 Å². The van der Waals surface area contributed by atoms with Gasteiger partial charge >= 0.3 is 0 Å². The molecule has 14 heavy (non-hydrogen) atoms. The van der Waals surface area contributed by atoms with E-state index >= 15 is 0 Å². The van der Waals surface area contributed by atoms with Gasteiger partial charge in [0, 0.05) is 20.2 Å². The first kappa shape index (κ1) is 10.4. The van der Waals surface area contributed by atoms with Crippen LogP contribution >= 0.6 is 0 Å². The summed E-state index contributed by atoms with van der Waals surface area (Å²) in [6, 6.07) is 4.35. The van der Waals surface area contributed by atoms with Crippen LogP contribution in [0.5, 0.6) is 0 Å². The minimum atomic E-state index is -0.686. The Morgan fingerprint density at radius 3 is 2.57 bits per heavy atom. The number of hydrogen-bond acceptors (Lipinski definition) is 3. The molecule has 0 aromatic heterocycles. The molecule has 0 amide bonds. The highest BCUT2D eigenvalue weighted by atomic mass is 19.1. The number of nitro groups is 1. The molecule has 0 aliphatic rings. The van der Waals surface area contributed by atoms with E-state index in [1.165, 1.54) is 6.07 Å². The van der Waals surface area contributed by atoms with Crippen molar-refractivity contribution >= 4 is 11.4 Å². The zero-order chi connectivity index (χ0) is 10.7. The van der Waals surface area contributed by atoms with Crippen LogP contribution in [-0.4, -0.2) is 19.0 Å². The third-order valence-electron chi connectivity index (χ3n) is 1.87. The van der Waals surface area contributed by atoms with Crippen molar-refractivity contribution < 1.29 is 9.31 Å². The standard InChI is InChI=1S/C9H11FN2O2/c1-11(2)8-4-3-7(6-10)5-9(8)12(13)14/h3-5H,6H2,1-2H3. The van der Waals surface area contributed by atoms with Crippen LogP contribution in [0.3, 0.4) is 0 Å². The lowest BCUT2D eigenvalue weighted by Crippen LogP contribution is -2.11. The molecule has 0 aliphatic heterocycles. The number of halogens is 1. The molecule has 5 heteroatoms. The van der Waals surface area contributed by atoms with Gasteiger partial charge in [0.05, 0.1) is 4.92 Å². The van der Waals surface area contributed by atoms with E-state index in [0.717, 1.165) is 0 Å². The van der Waals surface area contributed by atoms with E-state index in [0.29, 0.717) is 11.3 Å². The highest BCUT2D eigenvalue weighted by Crippen LogP contribution is 2.27. The Balaban J connectivity index is 3.24. The van der Waals surface area contributed by atoms with Gasteiger partial charge in [-0.05, 0) is 11.6 Å². The molecule has 0 bridgehead atoms. The van der Waals surface area contributed by atoms with Crippen molar-refractivity contribution in [1.82, 2.24) is 0 Å². The second-order valence-electron chi connectivity index (χ2n) is 3.11. The maximum atomic E-state index is 12.3. The third kappa shape index (κ3) is 1.99. The summed E-state index contributed by atoms with van der Waals surface area (Å²) in [5.74, 6) is 0. The van der Waals surface area contributed by atoms with Crippen LogP contribution in [0.1, 0.15) is 5.56 Å². The average molecular weight is 198 g/mol. The molecule has 0 unspecified atom stereocenters. The van der Waals surface area contributed by atoms with Gasteiger partial charge in [-0.25, -0.2) is 4.39 Å². The maximum Gasteiger partial charge on any atom is 0.292 e. The largest absolute Gasteiger partial charge is 0.372 e. The minimum absolute atomic E-state index is 0.0647. The number of nitro benzene ring substituents is 1. The Bertz CT molecular complexity index is 353. The summed E-state index contributed by atoms with van der Waals surface area (Å²) in [4.78, 5) is 11.8. The Kier molecular flexibility index (Phi) is 3.01. The fourth-order valence-corrected chi connectivity index (χ4v) is 1.18. The van der Waals surface area contributed by atoms with E-state index in [1.54, 1.807) is 31.1 Å². The highest BCUT2D eigenvalue weighted by molar-refractivity contribution is 5.63. The lowest BCUT2D eigenvalue weighted by Gasteiger charge is -2.12. The molecule has 0 heterocycles. The Morgan fingerprint density at radius 1 is 1.50 bits per heavy atom. The molecule has 76 valence electrons. The molecule has 0 fully saturated rings. The van der Waals surface area contributed by atoms with Crippen molar-refractivity contribution in [3.63, 3.8) is 0 Å². The normalized spacial score (nSPS) is 9.93. The zero-order valence-electron chi connectivity index (χ0n) is 8.03. The highest BCUT2D eigenvalue weighted by Gasteiger charge is 2.15. The molecule has 1 rings (SSSR count). The minimum Gasteiger partial charge on any atom is -0.372 e. The summed E-state index contributed by atoms with van der Waals surface area (Å²) < 4.78 is 12.3. The van der Waals surface area contributed by atoms with Gasteiger partial charge < -0.3 is 4.90 Å². The van der Waals surface area contributed by atoms with E-state index in [-0.39, 0.29) is 5.69 Å². The molecule has 0 radical (unpaired) electrons. The van der Waals surface area contributed by atoms with E-state index in [1.807, 2.05) is 0 Å². The second kappa shape index (κ2) is 4.04. The summed E-state index contributed by atoms with van der Waals surface area (Å²) >= 11 is 0. The van der Waals surface area contributed by atoms with Gasteiger partial charge in [0.1, 0.15) is 12.4 Å². The Labute approximate surface area is 81.1 Å². The van der Waals surface area contributed by atoms with Crippen LogP contribution in [0.15, 0.2) is 18.2 Å². The Morgan fingerprint density at radius 2 is 2.14 bits per heavy atom. The number of nitrogens with zero attached hydrogens (tertiary/aromatic N) is 2. The number of alkyl halides is 1. The molecule has 0 saturated heterocycles. The second-order valence-corrected chi connectivity index (χ2v) is 3.11. The first-order valence-corrected chi connectivity index (χ1v) is 4.07. The van der Waals surface area contributed by atoms with Crippen LogP contribution in [-0.2, 0) is 6.67 Å². The number of anilines is 1. The summed E-state index contributed by atoms with van der Waals surface area (Å²) in [7, 11) is 3.41. The van der Waals surface area contributed by atoms with Crippen LogP contribution in [0.4, 0.5) is 15.8 Å². The molecule has 1 aromatic carbocycles. The van der Waals surface area contributed by atoms with Gasteiger partial charge in [-0.15, -0.1) is 0 Å². The molecular formula is C9H11FN2O2. The van der Waals surface area contributed by atoms with E-state index in [4.69, 9.17) is 0 Å². The quantitative estimate of drug-likeness (QED) is 0.552. The van der Waals surface area contributed by atoms with Crippen molar-refractivity contribution in [2.24, 2.45) is 0 Å². The molecular weight excluding hydrogens is 187 g/mol. The monoisotopic (exact) mass is 198 g/mol. The topological polar surface area (TPSA) is 46.4 Å². The van der Waals surface area contributed by atoms with Gasteiger partial charge in [0.25, 0.3) is 5.69 Å². The summed E-state index contributed by atoms with van der Waals surface area (Å²) in [5.41, 5.74) is 0.736. The van der Waals surface area contributed by atoms with Gasteiger partial charge in [0.15, 0.2) is 0 Å². The number of benzene rings is 1. The molecule has 0 spiro atoms. The van der Waals surface area contributed by atoms with Crippen LogP contribution < -0.4 is 4.90 Å². The van der Waals surface area contributed by atoms with Crippen molar-refractivity contribution in [2.45, 2.75) is 6.67 Å². The van der Waals surface area contributed by atoms with Crippen molar-refractivity contribution in [1.29, 1.82) is 0 Å². The first-order valence-electron chi connectivity index (χ1n) is 4.07. The van der Waals surface area contributed by atoms with E-state index in [9.17, 15) is 14.5 Å². The van der Waals surface area contributed by atoms with E-state index in [2.05, 4.69) is 0 Å².